The van der Waals surface area contributed by atoms with Crippen LogP contribution in [0.5, 0.6) is 0 Å². The Morgan fingerprint density at radius 1 is 0.292 bits per heavy atom. The molecule has 7 saturated heterocycles. The summed E-state index contributed by atoms with van der Waals surface area (Å²) in [6, 6.07) is 0. The molecule has 0 aromatic carbocycles. The molecule has 7 heterocycles. The summed E-state index contributed by atoms with van der Waals surface area (Å²) in [4.78, 5) is 0. The molecule has 0 bridgehead atoms. The fourth-order valence-electron chi connectivity index (χ4n) is 9.01. The summed E-state index contributed by atoms with van der Waals surface area (Å²) in [5, 5.41) is 211. The number of aliphatic hydroxyl groups is 20. The summed E-state index contributed by atoms with van der Waals surface area (Å²) in [6.45, 7) is -5.44. The van der Waals surface area contributed by atoms with Crippen LogP contribution in [0.1, 0.15) is 0 Å². The van der Waals surface area contributed by atoms with Crippen LogP contribution in [0.3, 0.4) is 0 Å². The largest absolute Gasteiger partial charge is 0.394 e. The number of hydrogen-bond donors (Lipinski definition) is 20. The van der Waals surface area contributed by atoms with Crippen LogP contribution >= 0.6 is 0 Å². The SMILES string of the molecule is OC[C@@H]1O[C@@H](O[C@H]2[C@@H](OC[C@H]3O[C@@H](O[C@H]4[C@H](O)[C@@H](O)[C@H](O[C@H]5[C@H](O)[C@@H](O)C(O)O[C@@H]5CO)O[C@@H]4CO)[C@H](O)[C@@H](O)[C@@H]3O[C@@H]3O[C@H](CO[C@H]4OC[C@@H](O)[C@H](O)[C@H]4O)[C@@H](O)[C@H](O)[C@H]3O)OC[C@@H](O)[C@@H]2O)[C@H](O)[C@H]1O. The molecule has 7 fully saturated rings. The molecule has 0 spiro atoms. The predicted molar refractivity (Wildman–Crippen MR) is 214 cm³/mol. The van der Waals surface area contributed by atoms with Crippen LogP contribution in [-0.4, -0.2) is 345 Å². The highest BCUT2D eigenvalue weighted by atomic mass is 16.8. The first-order valence-electron chi connectivity index (χ1n) is 22.9. The molecule has 0 aromatic heterocycles. The van der Waals surface area contributed by atoms with E-state index in [0.29, 0.717) is 0 Å². The van der Waals surface area contributed by atoms with Crippen molar-refractivity contribution in [3.8, 4) is 0 Å². The van der Waals surface area contributed by atoms with Crippen molar-refractivity contribution in [2.45, 2.75) is 197 Å². The van der Waals surface area contributed by atoms with Crippen molar-refractivity contribution in [1.82, 2.24) is 0 Å². The average Bonchev–Trinajstić information content (AvgIpc) is 3.64. The van der Waals surface area contributed by atoms with Crippen LogP contribution in [0.2, 0.25) is 0 Å². The van der Waals surface area contributed by atoms with Gasteiger partial charge in [-0.1, -0.05) is 0 Å². The third-order valence-corrected chi connectivity index (χ3v) is 13.4. The molecule has 0 radical (unpaired) electrons. The van der Waals surface area contributed by atoms with Gasteiger partial charge >= 0.3 is 0 Å². The summed E-state index contributed by atoms with van der Waals surface area (Å²) in [5.41, 5.74) is 0. The lowest BCUT2D eigenvalue weighted by atomic mass is 9.95. The minimum atomic E-state index is -2.27. The fourth-order valence-corrected chi connectivity index (χ4v) is 9.01. The molecular weight excluding hydrogens is 996 g/mol. The van der Waals surface area contributed by atoms with Crippen molar-refractivity contribution in [1.29, 1.82) is 0 Å². The Hall–Kier alpha value is -1.32. The van der Waals surface area contributed by atoms with Gasteiger partial charge in [0.05, 0.1) is 46.2 Å². The van der Waals surface area contributed by atoms with E-state index in [1.165, 1.54) is 0 Å². The van der Waals surface area contributed by atoms with Crippen molar-refractivity contribution in [3.63, 3.8) is 0 Å². The van der Waals surface area contributed by atoms with Gasteiger partial charge in [-0.05, 0) is 0 Å². The fraction of sp³-hybridized carbons (Fsp3) is 1.00. The van der Waals surface area contributed by atoms with Gasteiger partial charge in [-0.15, -0.1) is 0 Å². The second-order valence-electron chi connectivity index (χ2n) is 18.3. The number of aliphatic hydroxyl groups excluding tert-OH is 20. The highest BCUT2D eigenvalue weighted by Crippen LogP contribution is 2.36. The first-order valence-corrected chi connectivity index (χ1v) is 22.9. The van der Waals surface area contributed by atoms with Gasteiger partial charge in [-0.3, -0.25) is 0 Å². The van der Waals surface area contributed by atoms with Gasteiger partial charge in [0.2, 0.25) is 0 Å². The molecule has 32 atom stereocenters. The second kappa shape index (κ2) is 25.0. The van der Waals surface area contributed by atoms with Gasteiger partial charge in [-0.25, -0.2) is 0 Å². The molecule has 72 heavy (non-hydrogen) atoms. The molecule has 0 saturated carbocycles. The van der Waals surface area contributed by atoms with Crippen molar-refractivity contribution < 1.29 is 164 Å². The maximum Gasteiger partial charge on any atom is 0.187 e. The molecule has 7 aliphatic rings. The molecule has 0 aromatic rings. The molecule has 20 N–H and O–H groups in total. The topological polar surface area (TPSA) is 525 Å². The predicted octanol–water partition coefficient (Wildman–Crippen LogP) is -14.4. The van der Waals surface area contributed by atoms with E-state index in [0.717, 1.165) is 0 Å². The Morgan fingerprint density at radius 3 is 1.19 bits per heavy atom. The van der Waals surface area contributed by atoms with Gasteiger partial charge in [0.1, 0.15) is 153 Å². The maximum atomic E-state index is 11.7. The Kier molecular flexibility index (Phi) is 20.3. The Bertz CT molecular complexity index is 1660. The van der Waals surface area contributed by atoms with E-state index in [1.807, 2.05) is 0 Å². The van der Waals surface area contributed by atoms with E-state index in [1.54, 1.807) is 0 Å². The first kappa shape index (κ1) is 58.4. The Balaban J connectivity index is 1.10. The zero-order valence-electron chi connectivity index (χ0n) is 37.7. The third kappa shape index (κ3) is 12.2. The van der Waals surface area contributed by atoms with Crippen LogP contribution < -0.4 is 0 Å². The molecule has 7 rings (SSSR count). The van der Waals surface area contributed by atoms with Crippen LogP contribution in [0, 0.1) is 0 Å². The van der Waals surface area contributed by atoms with Crippen LogP contribution in [-0.2, 0) is 61.6 Å². The van der Waals surface area contributed by atoms with Crippen LogP contribution in [0.4, 0.5) is 0 Å². The van der Waals surface area contributed by atoms with Crippen LogP contribution in [0.15, 0.2) is 0 Å². The second-order valence-corrected chi connectivity index (χ2v) is 18.3. The van der Waals surface area contributed by atoms with Crippen molar-refractivity contribution >= 4 is 0 Å². The summed E-state index contributed by atoms with van der Waals surface area (Å²) >= 11 is 0. The Morgan fingerprint density at radius 2 is 0.653 bits per heavy atom. The molecule has 1 unspecified atom stereocenters. The van der Waals surface area contributed by atoms with Gasteiger partial charge in [-0.2, -0.15) is 0 Å². The summed E-state index contributed by atoms with van der Waals surface area (Å²) in [5.74, 6) is 0. The van der Waals surface area contributed by atoms with Gasteiger partial charge in [0, 0.05) is 0 Å². The summed E-state index contributed by atoms with van der Waals surface area (Å²) in [7, 11) is 0. The van der Waals surface area contributed by atoms with E-state index < -0.39 is 243 Å². The molecule has 0 aliphatic carbocycles. The lowest BCUT2D eigenvalue weighted by Gasteiger charge is -2.49. The standard InChI is InChI=1S/C39H66O33/c40-1-10-17(47)25(55)35(65-10)72-32-16(46)9(44)5-61-39(32)63-7-14-31(71-36-26(56)19(49)18(48)13(67-36)6-62-34-24(54)15(45)8(43)4-60-34)22(52)28(58)38(68-14)70-30-12(3-42)66-37(27(57)21(30)51)69-29-11(2-41)64-33(59)23(53)20(29)50/h8-59H,1-7H2/t8-,9-,10+,11-,12-,13-,14-,15+,16+,17+,18-,19+,20-,21-,22-,23-,24-,25-,26-,27-,28-,29-,30-,31-,32-,33?,34-,35+,36+,37+,38+,39-/m1/s1. The molecular formula is C39H66O33. The van der Waals surface area contributed by atoms with Gasteiger partial charge in [0.15, 0.2) is 44.0 Å². The van der Waals surface area contributed by atoms with Crippen molar-refractivity contribution in [3.05, 3.63) is 0 Å². The van der Waals surface area contributed by atoms with E-state index in [4.69, 9.17) is 61.6 Å². The average molecular weight is 1060 g/mol. The lowest BCUT2D eigenvalue weighted by Crippen LogP contribution is -2.67. The quantitative estimate of drug-likeness (QED) is 0.0643. The molecule has 33 nitrogen and oxygen atoms in total. The molecule has 0 amide bonds. The minimum absolute atomic E-state index is 0.476. The monoisotopic (exact) mass is 1060 g/mol. The third-order valence-electron chi connectivity index (χ3n) is 13.4. The zero-order chi connectivity index (χ0) is 52.6. The van der Waals surface area contributed by atoms with E-state index >= 15 is 0 Å². The van der Waals surface area contributed by atoms with Crippen molar-refractivity contribution in [2.24, 2.45) is 0 Å². The van der Waals surface area contributed by atoms with E-state index in [9.17, 15) is 102 Å². The number of hydrogen-bond acceptors (Lipinski definition) is 33. The number of ether oxygens (including phenoxy) is 13. The highest BCUT2D eigenvalue weighted by Gasteiger charge is 2.57. The van der Waals surface area contributed by atoms with Gasteiger partial charge in [0.25, 0.3) is 0 Å². The van der Waals surface area contributed by atoms with E-state index in [-0.39, 0.29) is 0 Å². The normalized spacial score (nSPS) is 53.7. The van der Waals surface area contributed by atoms with Crippen LogP contribution in [0.25, 0.3) is 0 Å². The smallest absolute Gasteiger partial charge is 0.187 e. The van der Waals surface area contributed by atoms with Crippen molar-refractivity contribution in [2.75, 3.05) is 46.2 Å². The minimum Gasteiger partial charge on any atom is -0.394 e. The molecule has 33 heteroatoms. The molecule has 420 valence electrons. The summed E-state index contributed by atoms with van der Waals surface area (Å²) < 4.78 is 72.7. The maximum absolute atomic E-state index is 11.7. The highest BCUT2D eigenvalue weighted by molar-refractivity contribution is 4.99. The zero-order valence-corrected chi connectivity index (χ0v) is 37.7. The van der Waals surface area contributed by atoms with Gasteiger partial charge < -0.3 is 164 Å². The lowest BCUT2D eigenvalue weighted by molar-refractivity contribution is -0.392. The summed E-state index contributed by atoms with van der Waals surface area (Å²) in [6.07, 6.45) is -59.6. The molecule has 7 aliphatic heterocycles. The Labute approximate surface area is 406 Å². The first-order chi connectivity index (χ1) is 34.1. The number of rotatable bonds is 17. The van der Waals surface area contributed by atoms with E-state index in [2.05, 4.69) is 0 Å².